The summed E-state index contributed by atoms with van der Waals surface area (Å²) in [6.07, 6.45) is 0.748. The zero-order valence-electron chi connectivity index (χ0n) is 6.69. The first-order chi connectivity index (χ1) is 5.93. The van der Waals surface area contributed by atoms with Crippen molar-refractivity contribution in [2.45, 2.75) is 12.2 Å². The minimum absolute atomic E-state index is 0.374. The highest BCUT2D eigenvalue weighted by Crippen LogP contribution is 2.33. The third-order valence-electron chi connectivity index (χ3n) is 2.35. The lowest BCUT2D eigenvalue weighted by atomic mass is 10.1. The van der Waals surface area contributed by atoms with Crippen molar-refractivity contribution in [3.05, 3.63) is 35.4 Å². The summed E-state index contributed by atoms with van der Waals surface area (Å²) in [7, 11) is 0. The molecule has 0 spiro atoms. The molecule has 2 saturated heterocycles. The zero-order chi connectivity index (χ0) is 7.97. The predicted molar refractivity (Wildman–Crippen MR) is 43.8 cm³/mol. The highest BCUT2D eigenvalue weighted by Gasteiger charge is 2.27. The lowest BCUT2D eigenvalue weighted by Crippen LogP contribution is -1.83. The molecule has 2 atom stereocenters. The molecule has 2 nitrogen and oxygen atoms in total. The first-order valence-corrected chi connectivity index (χ1v) is 4.26. The normalized spacial score (nSPS) is 31.7. The minimum atomic E-state index is 0.374. The summed E-state index contributed by atoms with van der Waals surface area (Å²) < 4.78 is 10.4. The number of ether oxygens (including phenoxy) is 2. The summed E-state index contributed by atoms with van der Waals surface area (Å²) >= 11 is 0. The molecule has 3 rings (SSSR count). The summed E-state index contributed by atoms with van der Waals surface area (Å²) in [6, 6.07) is 8.53. The van der Waals surface area contributed by atoms with E-state index >= 15 is 0 Å². The Kier molecular flexibility index (Phi) is 1.28. The maximum Gasteiger partial charge on any atom is 0.106 e. The molecule has 2 fully saturated rings. The predicted octanol–water partition coefficient (Wildman–Crippen LogP) is 1.83. The number of epoxide rings is 2. The van der Waals surface area contributed by atoms with E-state index in [9.17, 15) is 0 Å². The van der Waals surface area contributed by atoms with Crippen molar-refractivity contribution < 1.29 is 9.47 Å². The van der Waals surface area contributed by atoms with Crippen molar-refractivity contribution in [2.24, 2.45) is 0 Å². The molecule has 0 radical (unpaired) electrons. The molecule has 2 heteroatoms. The molecule has 62 valence electrons. The van der Waals surface area contributed by atoms with Gasteiger partial charge in [-0.25, -0.2) is 0 Å². The van der Waals surface area contributed by atoms with E-state index in [2.05, 4.69) is 24.3 Å². The maximum atomic E-state index is 5.18. The van der Waals surface area contributed by atoms with E-state index in [1.54, 1.807) is 0 Å². The Morgan fingerprint density at radius 3 is 1.42 bits per heavy atom. The highest BCUT2D eigenvalue weighted by atomic mass is 16.6. The summed E-state index contributed by atoms with van der Waals surface area (Å²) in [5.74, 6) is 0. The smallest absolute Gasteiger partial charge is 0.106 e. The van der Waals surface area contributed by atoms with Crippen LogP contribution in [0.4, 0.5) is 0 Å². The minimum Gasteiger partial charge on any atom is -0.368 e. The summed E-state index contributed by atoms with van der Waals surface area (Å²) in [6.45, 7) is 1.78. The van der Waals surface area contributed by atoms with Crippen LogP contribution in [-0.2, 0) is 9.47 Å². The fraction of sp³-hybridized carbons (Fsp3) is 0.400. The van der Waals surface area contributed by atoms with E-state index in [-0.39, 0.29) is 0 Å². The molecule has 0 N–H and O–H groups in total. The molecule has 12 heavy (non-hydrogen) atoms. The lowest BCUT2D eigenvalue weighted by molar-refractivity contribution is 0.412. The Hall–Kier alpha value is -0.860. The van der Waals surface area contributed by atoms with E-state index in [1.807, 2.05) is 0 Å². The van der Waals surface area contributed by atoms with E-state index < -0.39 is 0 Å². The fourth-order valence-electron chi connectivity index (χ4n) is 1.41. The monoisotopic (exact) mass is 162 g/mol. The van der Waals surface area contributed by atoms with Crippen LogP contribution >= 0.6 is 0 Å². The second kappa shape index (κ2) is 2.31. The average Bonchev–Trinajstić information content (AvgIpc) is 2.98. The first kappa shape index (κ1) is 6.63. The molecular weight excluding hydrogens is 152 g/mol. The van der Waals surface area contributed by atoms with Gasteiger partial charge in [0, 0.05) is 0 Å². The van der Waals surface area contributed by atoms with E-state index in [4.69, 9.17) is 9.47 Å². The molecule has 2 aliphatic heterocycles. The molecule has 0 unspecified atom stereocenters. The van der Waals surface area contributed by atoms with Gasteiger partial charge in [0.25, 0.3) is 0 Å². The van der Waals surface area contributed by atoms with Crippen molar-refractivity contribution in [3.8, 4) is 0 Å². The second-order valence-corrected chi connectivity index (χ2v) is 3.31. The van der Waals surface area contributed by atoms with Gasteiger partial charge in [0.15, 0.2) is 0 Å². The molecule has 1 aromatic rings. The molecular formula is C10H10O2. The Morgan fingerprint density at radius 1 is 0.833 bits per heavy atom. The molecule has 0 aromatic heterocycles. The Labute approximate surface area is 71.1 Å². The van der Waals surface area contributed by atoms with Crippen LogP contribution in [0.2, 0.25) is 0 Å². The molecule has 0 saturated carbocycles. The lowest BCUT2D eigenvalue weighted by Gasteiger charge is -1.97. The van der Waals surface area contributed by atoms with Gasteiger partial charge in [0.2, 0.25) is 0 Å². The van der Waals surface area contributed by atoms with Crippen LogP contribution in [0.25, 0.3) is 0 Å². The average molecular weight is 162 g/mol. The summed E-state index contributed by atoms with van der Waals surface area (Å²) in [5.41, 5.74) is 2.58. The largest absolute Gasteiger partial charge is 0.368 e. The molecule has 0 amide bonds. The maximum absolute atomic E-state index is 5.18. The van der Waals surface area contributed by atoms with Crippen molar-refractivity contribution in [1.82, 2.24) is 0 Å². The van der Waals surface area contributed by atoms with Gasteiger partial charge in [-0.2, -0.15) is 0 Å². The van der Waals surface area contributed by atoms with Crippen LogP contribution in [0, 0.1) is 0 Å². The second-order valence-electron chi connectivity index (χ2n) is 3.31. The van der Waals surface area contributed by atoms with Gasteiger partial charge in [0.1, 0.15) is 12.2 Å². The molecule has 2 heterocycles. The van der Waals surface area contributed by atoms with Crippen LogP contribution < -0.4 is 0 Å². The van der Waals surface area contributed by atoms with Crippen molar-refractivity contribution in [1.29, 1.82) is 0 Å². The van der Waals surface area contributed by atoms with Gasteiger partial charge in [-0.1, -0.05) is 24.3 Å². The summed E-state index contributed by atoms with van der Waals surface area (Å²) in [5, 5.41) is 0. The standard InChI is InChI=1S/C10H10O2/c1-2-8(10-6-12-10)4-3-7(1)9-5-11-9/h1-4,9-10H,5-6H2/t9-,10-/m0/s1. The van der Waals surface area contributed by atoms with Gasteiger partial charge in [-0.15, -0.1) is 0 Å². The van der Waals surface area contributed by atoms with Gasteiger partial charge < -0.3 is 9.47 Å². The number of hydrogen-bond donors (Lipinski definition) is 0. The van der Waals surface area contributed by atoms with Gasteiger partial charge in [0.05, 0.1) is 13.2 Å². The molecule has 1 aromatic carbocycles. The quantitative estimate of drug-likeness (QED) is 0.620. The van der Waals surface area contributed by atoms with Crippen LogP contribution in [0.5, 0.6) is 0 Å². The van der Waals surface area contributed by atoms with Crippen LogP contribution in [0.1, 0.15) is 23.3 Å². The van der Waals surface area contributed by atoms with Crippen LogP contribution in [0.15, 0.2) is 24.3 Å². The van der Waals surface area contributed by atoms with Crippen molar-refractivity contribution in [3.63, 3.8) is 0 Å². The number of benzene rings is 1. The van der Waals surface area contributed by atoms with Crippen LogP contribution in [-0.4, -0.2) is 13.2 Å². The van der Waals surface area contributed by atoms with E-state index in [0.29, 0.717) is 12.2 Å². The van der Waals surface area contributed by atoms with Gasteiger partial charge in [-0.05, 0) is 11.1 Å². The Morgan fingerprint density at radius 2 is 1.17 bits per heavy atom. The zero-order valence-corrected chi connectivity index (χ0v) is 6.69. The summed E-state index contributed by atoms with van der Waals surface area (Å²) in [4.78, 5) is 0. The third-order valence-corrected chi connectivity index (χ3v) is 2.35. The van der Waals surface area contributed by atoms with Crippen LogP contribution in [0.3, 0.4) is 0 Å². The number of rotatable bonds is 2. The Balaban J connectivity index is 1.86. The van der Waals surface area contributed by atoms with Crippen molar-refractivity contribution in [2.75, 3.05) is 13.2 Å². The van der Waals surface area contributed by atoms with Gasteiger partial charge in [-0.3, -0.25) is 0 Å². The highest BCUT2D eigenvalue weighted by molar-refractivity contribution is 5.28. The van der Waals surface area contributed by atoms with E-state index in [1.165, 1.54) is 11.1 Å². The first-order valence-electron chi connectivity index (χ1n) is 4.26. The SMILES string of the molecule is c1cc([C@@H]2CO2)ccc1[C@@H]1CO1. The van der Waals surface area contributed by atoms with Crippen molar-refractivity contribution >= 4 is 0 Å². The Bertz CT molecular complexity index is 252. The molecule has 0 aliphatic carbocycles. The van der Waals surface area contributed by atoms with Gasteiger partial charge >= 0.3 is 0 Å². The topological polar surface area (TPSA) is 25.1 Å². The van der Waals surface area contributed by atoms with E-state index in [0.717, 1.165) is 13.2 Å². The fourth-order valence-corrected chi connectivity index (χ4v) is 1.41. The molecule has 0 bridgehead atoms. The number of hydrogen-bond acceptors (Lipinski definition) is 2. The third kappa shape index (κ3) is 1.13. The molecule has 2 aliphatic rings.